The van der Waals surface area contributed by atoms with Gasteiger partial charge in [0, 0.05) is 10.9 Å². The summed E-state index contributed by atoms with van der Waals surface area (Å²) in [5, 5.41) is 6.18. The summed E-state index contributed by atoms with van der Waals surface area (Å²) < 4.78 is 23.7. The van der Waals surface area contributed by atoms with Crippen molar-refractivity contribution in [1.82, 2.24) is 4.98 Å². The Morgan fingerprint density at radius 2 is 2.35 bits per heavy atom. The molecule has 1 aromatic heterocycles. The zero-order chi connectivity index (χ0) is 16.7. The van der Waals surface area contributed by atoms with E-state index in [-0.39, 0.29) is 18.1 Å². The number of nitrogens with one attached hydrogen (secondary N) is 1. The molecule has 23 heavy (non-hydrogen) atoms. The first-order valence-corrected chi connectivity index (χ1v) is 7.73. The van der Waals surface area contributed by atoms with Gasteiger partial charge in [0.15, 0.2) is 11.6 Å². The molecule has 0 unspecified atom stereocenters. The van der Waals surface area contributed by atoms with Gasteiger partial charge in [0.2, 0.25) is 5.13 Å². The Kier molecular flexibility index (Phi) is 6.04. The van der Waals surface area contributed by atoms with Gasteiger partial charge in [-0.1, -0.05) is 12.1 Å². The molecule has 1 heterocycles. The molecule has 0 spiro atoms. The van der Waals surface area contributed by atoms with Gasteiger partial charge >= 0.3 is 5.97 Å². The molecule has 2 aromatic rings. The lowest BCUT2D eigenvalue weighted by molar-refractivity contribution is -0.142. The van der Waals surface area contributed by atoms with Crippen LogP contribution in [0, 0.1) is 5.82 Å². The maximum Gasteiger partial charge on any atom is 0.311 e. The fraction of sp³-hybridized carbons (Fsp3) is 0.267. The van der Waals surface area contributed by atoms with Gasteiger partial charge in [-0.2, -0.15) is 5.10 Å². The van der Waals surface area contributed by atoms with Crippen LogP contribution in [0.4, 0.5) is 9.52 Å². The molecule has 0 radical (unpaired) electrons. The minimum atomic E-state index is -0.484. The number of esters is 1. The molecule has 0 saturated carbocycles. The van der Waals surface area contributed by atoms with Gasteiger partial charge in [0.05, 0.1) is 32.0 Å². The van der Waals surface area contributed by atoms with Crippen LogP contribution < -0.4 is 10.2 Å². The molecular weight excluding hydrogens is 321 g/mol. The molecule has 0 atom stereocenters. The fourth-order valence-corrected chi connectivity index (χ4v) is 2.40. The second-order valence-electron chi connectivity index (χ2n) is 4.36. The van der Waals surface area contributed by atoms with E-state index in [1.807, 2.05) is 0 Å². The van der Waals surface area contributed by atoms with E-state index in [0.29, 0.717) is 23.0 Å². The average molecular weight is 337 g/mol. The van der Waals surface area contributed by atoms with Gasteiger partial charge in [0.1, 0.15) is 0 Å². The van der Waals surface area contributed by atoms with E-state index < -0.39 is 5.82 Å². The van der Waals surface area contributed by atoms with E-state index in [1.54, 1.807) is 24.4 Å². The summed E-state index contributed by atoms with van der Waals surface area (Å²) in [6.45, 7) is 2.09. The lowest BCUT2D eigenvalue weighted by Crippen LogP contribution is -2.07. The first kappa shape index (κ1) is 16.9. The molecule has 0 aliphatic heterocycles. The highest BCUT2D eigenvalue weighted by Crippen LogP contribution is 2.19. The molecule has 2 rings (SSSR count). The van der Waals surface area contributed by atoms with Gasteiger partial charge in [-0.15, -0.1) is 11.3 Å². The highest BCUT2D eigenvalue weighted by Gasteiger charge is 2.08. The average Bonchev–Trinajstić information content (AvgIpc) is 2.96. The Hall–Kier alpha value is -2.48. The molecule has 0 aliphatic rings. The summed E-state index contributed by atoms with van der Waals surface area (Å²) in [5.74, 6) is -0.658. The summed E-state index contributed by atoms with van der Waals surface area (Å²) in [7, 11) is 1.40. The predicted octanol–water partition coefficient (Wildman–Crippen LogP) is 2.84. The molecule has 1 N–H and O–H groups in total. The Balaban J connectivity index is 1.96. The number of hydrogen-bond acceptors (Lipinski definition) is 7. The van der Waals surface area contributed by atoms with Crippen molar-refractivity contribution in [3.05, 3.63) is 40.7 Å². The third-order valence-electron chi connectivity index (χ3n) is 2.76. The largest absolute Gasteiger partial charge is 0.494 e. The topological polar surface area (TPSA) is 72.8 Å². The molecule has 6 nitrogen and oxygen atoms in total. The minimum Gasteiger partial charge on any atom is -0.494 e. The van der Waals surface area contributed by atoms with E-state index in [0.717, 1.165) is 0 Å². The monoisotopic (exact) mass is 337 g/mol. The van der Waals surface area contributed by atoms with Gasteiger partial charge < -0.3 is 9.47 Å². The first-order valence-electron chi connectivity index (χ1n) is 6.85. The van der Waals surface area contributed by atoms with Crippen molar-refractivity contribution >= 4 is 28.7 Å². The minimum absolute atomic E-state index is 0.111. The second kappa shape index (κ2) is 8.23. The normalized spacial score (nSPS) is 10.7. The number of rotatable bonds is 7. The van der Waals surface area contributed by atoms with Crippen molar-refractivity contribution in [3.63, 3.8) is 0 Å². The standard InChI is InChI=1S/C15H16FN3O3S/c1-3-22-13(20)7-11-9-23-15(18-11)19-17-8-10-5-4-6-12(21-2)14(10)16/h4-6,8-9H,3,7H2,1-2H3,(H,18,19). The third-order valence-corrected chi connectivity index (χ3v) is 3.56. The number of thiazole rings is 1. The summed E-state index contributed by atoms with van der Waals surface area (Å²) in [4.78, 5) is 15.6. The van der Waals surface area contributed by atoms with Crippen LogP contribution in [0.2, 0.25) is 0 Å². The van der Waals surface area contributed by atoms with Crippen molar-refractivity contribution < 1.29 is 18.7 Å². The summed E-state index contributed by atoms with van der Waals surface area (Å²) in [5.41, 5.74) is 3.59. The molecular formula is C15H16FN3O3S. The first-order chi connectivity index (χ1) is 11.1. The van der Waals surface area contributed by atoms with Gasteiger partial charge in [-0.25, -0.2) is 9.37 Å². The van der Waals surface area contributed by atoms with E-state index in [4.69, 9.17) is 9.47 Å². The Bertz CT molecular complexity index is 703. The predicted molar refractivity (Wildman–Crippen MR) is 86.6 cm³/mol. The number of carbonyl (C=O) groups excluding carboxylic acids is 1. The number of methoxy groups -OCH3 is 1. The van der Waals surface area contributed by atoms with E-state index in [9.17, 15) is 9.18 Å². The quantitative estimate of drug-likeness (QED) is 0.478. The van der Waals surface area contributed by atoms with Crippen LogP contribution in [-0.4, -0.2) is 30.9 Å². The van der Waals surface area contributed by atoms with Crippen LogP contribution in [0.5, 0.6) is 5.75 Å². The van der Waals surface area contributed by atoms with Crippen LogP contribution in [0.25, 0.3) is 0 Å². The zero-order valence-electron chi connectivity index (χ0n) is 12.7. The van der Waals surface area contributed by atoms with Crippen molar-refractivity contribution in [1.29, 1.82) is 0 Å². The summed E-state index contributed by atoms with van der Waals surface area (Å²) >= 11 is 1.29. The maximum atomic E-state index is 13.9. The number of carbonyl (C=O) groups is 1. The van der Waals surface area contributed by atoms with E-state index >= 15 is 0 Å². The molecule has 8 heteroatoms. The third kappa shape index (κ3) is 4.75. The van der Waals surface area contributed by atoms with Gasteiger partial charge in [0.25, 0.3) is 0 Å². The lowest BCUT2D eigenvalue weighted by Gasteiger charge is -2.03. The van der Waals surface area contributed by atoms with Gasteiger partial charge in [-0.3, -0.25) is 10.2 Å². The SMILES string of the molecule is CCOC(=O)Cc1csc(NN=Cc2cccc(OC)c2F)n1. The zero-order valence-corrected chi connectivity index (χ0v) is 13.5. The van der Waals surface area contributed by atoms with Gasteiger partial charge in [-0.05, 0) is 13.0 Å². The molecule has 0 fully saturated rings. The molecule has 1 aromatic carbocycles. The van der Waals surface area contributed by atoms with Crippen molar-refractivity contribution in [2.75, 3.05) is 19.1 Å². The van der Waals surface area contributed by atoms with Crippen LogP contribution in [0.3, 0.4) is 0 Å². The van der Waals surface area contributed by atoms with Crippen LogP contribution >= 0.6 is 11.3 Å². The van der Waals surface area contributed by atoms with Crippen molar-refractivity contribution in [2.45, 2.75) is 13.3 Å². The number of hydrazone groups is 1. The molecule has 0 aliphatic carbocycles. The smallest absolute Gasteiger partial charge is 0.311 e. The summed E-state index contributed by atoms with van der Waals surface area (Å²) in [6, 6.07) is 4.78. The van der Waals surface area contributed by atoms with Crippen molar-refractivity contribution in [2.24, 2.45) is 5.10 Å². The molecule has 0 amide bonds. The number of benzene rings is 1. The van der Waals surface area contributed by atoms with Crippen LogP contribution in [-0.2, 0) is 16.0 Å². The van der Waals surface area contributed by atoms with E-state index in [1.165, 1.54) is 30.7 Å². The van der Waals surface area contributed by atoms with Crippen molar-refractivity contribution in [3.8, 4) is 5.75 Å². The Morgan fingerprint density at radius 3 is 3.09 bits per heavy atom. The van der Waals surface area contributed by atoms with Crippen LogP contribution in [0.1, 0.15) is 18.2 Å². The second-order valence-corrected chi connectivity index (χ2v) is 5.22. The summed E-state index contributed by atoms with van der Waals surface area (Å²) in [6.07, 6.45) is 1.45. The lowest BCUT2D eigenvalue weighted by atomic mass is 10.2. The number of nitrogens with zero attached hydrogens (tertiary/aromatic N) is 2. The highest BCUT2D eigenvalue weighted by atomic mass is 32.1. The highest BCUT2D eigenvalue weighted by molar-refractivity contribution is 7.13. The number of aromatic nitrogens is 1. The molecule has 0 saturated heterocycles. The number of hydrogen-bond donors (Lipinski definition) is 1. The number of halogens is 1. The van der Waals surface area contributed by atoms with Crippen LogP contribution in [0.15, 0.2) is 28.7 Å². The number of anilines is 1. The Morgan fingerprint density at radius 1 is 1.52 bits per heavy atom. The fourth-order valence-electron chi connectivity index (χ4n) is 1.74. The van der Waals surface area contributed by atoms with E-state index in [2.05, 4.69) is 15.5 Å². The number of ether oxygens (including phenoxy) is 2. The molecule has 122 valence electrons. The maximum absolute atomic E-state index is 13.9. The Labute approximate surface area is 137 Å². The molecule has 0 bridgehead atoms.